The van der Waals surface area contributed by atoms with Gasteiger partial charge in [-0.2, -0.15) is 0 Å². The van der Waals surface area contributed by atoms with Gasteiger partial charge in [0.1, 0.15) is 11.5 Å². The molecule has 1 aromatic carbocycles. The highest BCUT2D eigenvalue weighted by molar-refractivity contribution is 6.33. The van der Waals surface area contributed by atoms with Gasteiger partial charge in [0.2, 0.25) is 0 Å². The number of anilines is 2. The Bertz CT molecular complexity index is 1160. The topological polar surface area (TPSA) is 114 Å². The lowest BCUT2D eigenvalue weighted by Gasteiger charge is -2.42. The number of fused-ring (bicyclic) bond motifs is 1. The van der Waals surface area contributed by atoms with E-state index in [4.69, 9.17) is 33.0 Å². The number of benzene rings is 1. The van der Waals surface area contributed by atoms with Crippen LogP contribution in [0.1, 0.15) is 47.0 Å². The summed E-state index contributed by atoms with van der Waals surface area (Å²) in [5.74, 6) is 1.10. The Labute approximate surface area is 198 Å². The normalized spacial score (nSPS) is 19.1. The third-order valence-corrected chi connectivity index (χ3v) is 7.76. The molecule has 2 aliphatic rings. The zero-order chi connectivity index (χ0) is 23.0. The quantitative estimate of drug-likeness (QED) is 0.531. The highest BCUT2D eigenvalue weighted by Gasteiger charge is 2.46. The van der Waals surface area contributed by atoms with Crippen LogP contribution in [0.2, 0.25) is 5.02 Å². The zero-order valence-electron chi connectivity index (χ0n) is 18.5. The van der Waals surface area contributed by atoms with E-state index in [0.717, 1.165) is 49.4 Å². The van der Waals surface area contributed by atoms with Gasteiger partial charge in [0.05, 0.1) is 23.5 Å². The Morgan fingerprint density at radius 1 is 1.12 bits per heavy atom. The maximum atomic E-state index is 10.0. The standard InChI is InChI=1S/C25H29ClN6O/c26-21-16(7-10-29-23(21)28)5-6-18-14-30-24(20(15-33)31-18)32-11-8-25(9-12-32)13-17-3-1-2-4-19(17)22(25)27/h1-4,7,10,14,22,33H,5-6,8-9,11-13,15,27H2,(H2,28,29)/t22-/m1/s1. The summed E-state index contributed by atoms with van der Waals surface area (Å²) in [5.41, 5.74) is 17.6. The summed E-state index contributed by atoms with van der Waals surface area (Å²) in [5, 5.41) is 10.5. The molecule has 1 aliphatic carbocycles. The smallest absolute Gasteiger partial charge is 0.152 e. The number of nitrogens with two attached hydrogens (primary N) is 2. The third-order valence-electron chi connectivity index (χ3n) is 7.32. The fraction of sp³-hybridized carbons (Fsp3) is 0.400. The Balaban J connectivity index is 1.27. The van der Waals surface area contributed by atoms with E-state index in [1.807, 2.05) is 6.07 Å². The molecule has 2 aromatic heterocycles. The molecule has 0 bridgehead atoms. The van der Waals surface area contributed by atoms with Crippen LogP contribution in [0.5, 0.6) is 0 Å². The van der Waals surface area contributed by atoms with Crippen molar-refractivity contribution in [2.75, 3.05) is 23.7 Å². The van der Waals surface area contributed by atoms with Crippen molar-refractivity contribution in [2.24, 2.45) is 11.1 Å². The second kappa shape index (κ2) is 8.89. The van der Waals surface area contributed by atoms with Crippen molar-refractivity contribution in [1.29, 1.82) is 0 Å². The van der Waals surface area contributed by atoms with Crippen LogP contribution >= 0.6 is 11.6 Å². The van der Waals surface area contributed by atoms with E-state index < -0.39 is 0 Å². The lowest BCUT2D eigenvalue weighted by molar-refractivity contribution is 0.186. The minimum Gasteiger partial charge on any atom is -0.390 e. The lowest BCUT2D eigenvalue weighted by atomic mass is 9.73. The Morgan fingerprint density at radius 2 is 1.91 bits per heavy atom. The van der Waals surface area contributed by atoms with Crippen LogP contribution in [0.15, 0.2) is 42.7 Å². The number of aliphatic hydroxyl groups is 1. The minimum atomic E-state index is -0.147. The van der Waals surface area contributed by atoms with Gasteiger partial charge in [-0.15, -0.1) is 0 Å². The predicted molar refractivity (Wildman–Crippen MR) is 130 cm³/mol. The van der Waals surface area contributed by atoms with Gasteiger partial charge >= 0.3 is 0 Å². The molecule has 1 atom stereocenters. The first-order chi connectivity index (χ1) is 16.0. The third kappa shape index (κ3) is 4.05. The first-order valence-electron chi connectivity index (χ1n) is 11.4. The molecule has 0 unspecified atom stereocenters. The van der Waals surface area contributed by atoms with Gasteiger partial charge < -0.3 is 21.5 Å². The molecule has 5 N–H and O–H groups in total. The summed E-state index contributed by atoms with van der Waals surface area (Å²) in [6, 6.07) is 10.5. The second-order valence-corrected chi connectivity index (χ2v) is 9.54. The minimum absolute atomic E-state index is 0.0793. The highest BCUT2D eigenvalue weighted by Crippen LogP contribution is 2.51. The molecule has 5 rings (SSSR count). The molecule has 1 spiro atoms. The molecule has 8 heteroatoms. The highest BCUT2D eigenvalue weighted by atomic mass is 35.5. The van der Waals surface area contributed by atoms with Crippen molar-refractivity contribution < 1.29 is 5.11 Å². The number of hydrogen-bond acceptors (Lipinski definition) is 7. The molecule has 3 aromatic rings. The molecule has 0 amide bonds. The lowest BCUT2D eigenvalue weighted by Crippen LogP contribution is -2.45. The molecule has 33 heavy (non-hydrogen) atoms. The van der Waals surface area contributed by atoms with E-state index in [9.17, 15) is 5.11 Å². The number of halogens is 1. The number of aromatic nitrogens is 3. The summed E-state index contributed by atoms with van der Waals surface area (Å²) < 4.78 is 0. The van der Waals surface area contributed by atoms with Gasteiger partial charge in [-0.05, 0) is 60.3 Å². The summed E-state index contributed by atoms with van der Waals surface area (Å²) in [7, 11) is 0. The van der Waals surface area contributed by atoms with Gasteiger partial charge in [0.25, 0.3) is 0 Å². The van der Waals surface area contributed by atoms with Crippen molar-refractivity contribution in [3.05, 3.63) is 75.8 Å². The molecular weight excluding hydrogens is 436 g/mol. The van der Waals surface area contributed by atoms with Gasteiger partial charge in [0, 0.05) is 25.3 Å². The number of nitrogen functional groups attached to an aromatic ring is 1. The molecule has 0 saturated carbocycles. The number of pyridine rings is 1. The monoisotopic (exact) mass is 464 g/mol. The van der Waals surface area contributed by atoms with Gasteiger partial charge in [-0.1, -0.05) is 35.9 Å². The SMILES string of the molecule is Nc1nccc(CCc2cnc(N3CCC4(CC3)Cc3ccccc3[C@H]4N)c(CO)n2)c1Cl. The van der Waals surface area contributed by atoms with E-state index in [1.165, 1.54) is 11.1 Å². The molecule has 1 saturated heterocycles. The van der Waals surface area contributed by atoms with Crippen LogP contribution in [0.4, 0.5) is 11.6 Å². The summed E-state index contributed by atoms with van der Waals surface area (Å²) >= 11 is 6.26. The molecule has 3 heterocycles. The van der Waals surface area contributed by atoms with Gasteiger partial charge in [-0.25, -0.2) is 15.0 Å². The van der Waals surface area contributed by atoms with Crippen molar-refractivity contribution in [3.63, 3.8) is 0 Å². The maximum absolute atomic E-state index is 10.0. The average Bonchev–Trinajstić information content (AvgIpc) is 3.11. The number of aliphatic hydroxyl groups excluding tert-OH is 1. The van der Waals surface area contributed by atoms with Crippen LogP contribution in [-0.2, 0) is 25.9 Å². The fourth-order valence-corrected chi connectivity index (χ4v) is 5.59. The number of hydrogen-bond donors (Lipinski definition) is 3. The van der Waals surface area contributed by atoms with E-state index >= 15 is 0 Å². The van der Waals surface area contributed by atoms with Gasteiger partial charge in [0.15, 0.2) is 5.82 Å². The molecule has 1 aliphatic heterocycles. The van der Waals surface area contributed by atoms with Crippen molar-refractivity contribution in [3.8, 4) is 0 Å². The number of rotatable bonds is 5. The molecule has 7 nitrogen and oxygen atoms in total. The molecule has 0 radical (unpaired) electrons. The first-order valence-corrected chi connectivity index (χ1v) is 11.8. The van der Waals surface area contributed by atoms with Crippen molar-refractivity contribution >= 4 is 23.2 Å². The number of aryl methyl sites for hydroxylation is 2. The number of piperidine rings is 1. The Morgan fingerprint density at radius 3 is 2.67 bits per heavy atom. The second-order valence-electron chi connectivity index (χ2n) is 9.16. The van der Waals surface area contributed by atoms with Crippen LogP contribution < -0.4 is 16.4 Å². The maximum Gasteiger partial charge on any atom is 0.152 e. The zero-order valence-corrected chi connectivity index (χ0v) is 19.3. The van der Waals surface area contributed by atoms with Crippen LogP contribution in [-0.4, -0.2) is 33.1 Å². The van der Waals surface area contributed by atoms with E-state index in [1.54, 1.807) is 12.4 Å². The predicted octanol–water partition coefficient (Wildman–Crippen LogP) is 3.23. The average molecular weight is 465 g/mol. The Kier molecular flexibility index (Phi) is 5.95. The molecule has 1 fully saturated rings. The molecule has 172 valence electrons. The van der Waals surface area contributed by atoms with Crippen LogP contribution in [0.3, 0.4) is 0 Å². The Hall–Kier alpha value is -2.74. The largest absolute Gasteiger partial charge is 0.390 e. The van der Waals surface area contributed by atoms with E-state index in [0.29, 0.717) is 29.4 Å². The summed E-state index contributed by atoms with van der Waals surface area (Å²) in [6.07, 6.45) is 7.82. The van der Waals surface area contributed by atoms with E-state index in [2.05, 4.69) is 34.1 Å². The van der Waals surface area contributed by atoms with Gasteiger partial charge in [-0.3, -0.25) is 0 Å². The van der Waals surface area contributed by atoms with Crippen LogP contribution in [0, 0.1) is 5.41 Å². The van der Waals surface area contributed by atoms with Crippen molar-refractivity contribution in [1.82, 2.24) is 15.0 Å². The fourth-order valence-electron chi connectivity index (χ4n) is 5.38. The first kappa shape index (κ1) is 22.1. The number of nitrogens with zero attached hydrogens (tertiary/aromatic N) is 4. The van der Waals surface area contributed by atoms with Crippen molar-refractivity contribution in [2.45, 2.75) is 44.8 Å². The van der Waals surface area contributed by atoms with E-state index in [-0.39, 0.29) is 18.1 Å². The summed E-state index contributed by atoms with van der Waals surface area (Å²) in [4.78, 5) is 15.6. The summed E-state index contributed by atoms with van der Waals surface area (Å²) in [6.45, 7) is 1.56. The molecular formula is C25H29ClN6O. The van der Waals surface area contributed by atoms with Crippen LogP contribution in [0.25, 0.3) is 0 Å².